The molecule has 1 fully saturated rings. The Balaban J connectivity index is 2.01. The zero-order chi connectivity index (χ0) is 15.0. The molecule has 2 heterocycles. The number of likely N-dealkylation sites (N-methyl/N-ethyl adjacent to an activating group) is 1. The molecule has 2 aromatic rings. The number of hydrogen-bond acceptors (Lipinski definition) is 5. The monoisotopic (exact) mass is 287 g/mol. The lowest BCUT2D eigenvalue weighted by Crippen LogP contribution is -2.40. The van der Waals surface area contributed by atoms with Crippen molar-refractivity contribution in [1.82, 2.24) is 19.7 Å². The number of rotatable bonds is 3. The quantitative estimate of drug-likeness (QED) is 0.919. The van der Waals surface area contributed by atoms with E-state index in [4.69, 9.17) is 0 Å². The number of anilines is 1. The van der Waals surface area contributed by atoms with E-state index in [9.17, 15) is 4.79 Å². The van der Waals surface area contributed by atoms with Crippen LogP contribution in [0.3, 0.4) is 0 Å². The zero-order valence-electron chi connectivity index (χ0n) is 12.7. The van der Waals surface area contributed by atoms with Crippen LogP contribution in [0.25, 0.3) is 10.9 Å². The molecule has 6 nitrogen and oxygen atoms in total. The fourth-order valence-corrected chi connectivity index (χ4v) is 3.18. The minimum Gasteiger partial charge on any atom is -0.363 e. The SMILES string of the molecule is CN(C)[C@H]1CCC[C@H]1Nc1nn(C)c(=O)c2cccnc12. The average molecular weight is 287 g/mol. The third-order valence-corrected chi connectivity index (χ3v) is 4.27. The van der Waals surface area contributed by atoms with Crippen molar-refractivity contribution in [2.24, 2.45) is 7.05 Å². The third-order valence-electron chi connectivity index (χ3n) is 4.27. The van der Waals surface area contributed by atoms with Gasteiger partial charge in [-0.1, -0.05) is 0 Å². The first-order valence-corrected chi connectivity index (χ1v) is 7.33. The molecule has 1 aliphatic rings. The minimum atomic E-state index is -0.112. The summed E-state index contributed by atoms with van der Waals surface area (Å²) in [5.41, 5.74) is 0.546. The van der Waals surface area contributed by atoms with E-state index >= 15 is 0 Å². The highest BCUT2D eigenvalue weighted by Crippen LogP contribution is 2.26. The second kappa shape index (κ2) is 5.44. The molecule has 0 unspecified atom stereocenters. The van der Waals surface area contributed by atoms with Gasteiger partial charge in [-0.15, -0.1) is 0 Å². The molecule has 112 valence electrons. The van der Waals surface area contributed by atoms with Gasteiger partial charge in [0.25, 0.3) is 5.56 Å². The number of aromatic nitrogens is 3. The molecule has 1 N–H and O–H groups in total. The van der Waals surface area contributed by atoms with Crippen LogP contribution < -0.4 is 10.9 Å². The maximum Gasteiger partial charge on any atom is 0.276 e. The Morgan fingerprint density at radius 2 is 2.19 bits per heavy atom. The molecule has 0 spiro atoms. The standard InChI is InChI=1S/C15H21N5O/c1-19(2)12-8-4-7-11(12)17-14-13-10(6-5-9-16-13)15(21)20(3)18-14/h5-6,9,11-12H,4,7-8H2,1-3H3,(H,17,18)/t11-,12+/m1/s1. The van der Waals surface area contributed by atoms with Gasteiger partial charge in [0.1, 0.15) is 5.52 Å². The van der Waals surface area contributed by atoms with Crippen LogP contribution in [-0.2, 0) is 7.05 Å². The van der Waals surface area contributed by atoms with Crippen molar-refractivity contribution in [2.75, 3.05) is 19.4 Å². The van der Waals surface area contributed by atoms with Gasteiger partial charge in [0, 0.05) is 25.3 Å². The van der Waals surface area contributed by atoms with Crippen LogP contribution >= 0.6 is 0 Å². The molecule has 0 bridgehead atoms. The van der Waals surface area contributed by atoms with E-state index < -0.39 is 0 Å². The van der Waals surface area contributed by atoms with Crippen LogP contribution in [0.5, 0.6) is 0 Å². The Kier molecular flexibility index (Phi) is 3.63. The fourth-order valence-electron chi connectivity index (χ4n) is 3.18. The Morgan fingerprint density at radius 1 is 1.38 bits per heavy atom. The molecular formula is C15H21N5O. The van der Waals surface area contributed by atoms with Crippen molar-refractivity contribution in [2.45, 2.75) is 31.3 Å². The topological polar surface area (TPSA) is 63.1 Å². The summed E-state index contributed by atoms with van der Waals surface area (Å²) in [6.07, 6.45) is 5.20. The minimum absolute atomic E-state index is 0.112. The molecular weight excluding hydrogens is 266 g/mol. The summed E-state index contributed by atoms with van der Waals surface area (Å²) in [7, 11) is 5.89. The lowest BCUT2D eigenvalue weighted by Gasteiger charge is -2.27. The summed E-state index contributed by atoms with van der Waals surface area (Å²) >= 11 is 0. The van der Waals surface area contributed by atoms with E-state index in [1.165, 1.54) is 17.5 Å². The summed E-state index contributed by atoms with van der Waals surface area (Å²) in [5.74, 6) is 0.700. The zero-order valence-corrected chi connectivity index (χ0v) is 12.7. The van der Waals surface area contributed by atoms with E-state index in [0.29, 0.717) is 28.8 Å². The molecule has 1 saturated carbocycles. The Labute approximate surface area is 123 Å². The highest BCUT2D eigenvalue weighted by Gasteiger charge is 2.29. The van der Waals surface area contributed by atoms with Gasteiger partial charge < -0.3 is 10.2 Å². The summed E-state index contributed by atoms with van der Waals surface area (Å²) < 4.78 is 1.38. The van der Waals surface area contributed by atoms with Gasteiger partial charge in [0.2, 0.25) is 0 Å². The highest BCUT2D eigenvalue weighted by atomic mass is 16.1. The van der Waals surface area contributed by atoms with Crippen molar-refractivity contribution in [3.8, 4) is 0 Å². The van der Waals surface area contributed by atoms with Crippen LogP contribution in [0.2, 0.25) is 0 Å². The predicted molar refractivity (Wildman–Crippen MR) is 83.5 cm³/mol. The van der Waals surface area contributed by atoms with E-state index in [1.54, 1.807) is 25.4 Å². The normalized spacial score (nSPS) is 22.1. The maximum absolute atomic E-state index is 12.1. The summed E-state index contributed by atoms with van der Waals surface area (Å²) in [4.78, 5) is 18.7. The second-order valence-corrected chi connectivity index (χ2v) is 5.89. The predicted octanol–water partition coefficient (Wildman–Crippen LogP) is 1.22. The molecule has 0 saturated heterocycles. The number of nitrogens with one attached hydrogen (secondary N) is 1. The Bertz CT molecular complexity index is 709. The first kappa shape index (κ1) is 14.0. The number of nitrogens with zero attached hydrogens (tertiary/aromatic N) is 4. The van der Waals surface area contributed by atoms with Crippen molar-refractivity contribution < 1.29 is 0 Å². The van der Waals surface area contributed by atoms with Crippen LogP contribution in [0.1, 0.15) is 19.3 Å². The average Bonchev–Trinajstić information content (AvgIpc) is 2.93. The van der Waals surface area contributed by atoms with E-state index in [0.717, 1.165) is 6.42 Å². The molecule has 2 atom stereocenters. The summed E-state index contributed by atoms with van der Waals surface area (Å²) in [6, 6.07) is 4.42. The van der Waals surface area contributed by atoms with E-state index in [1.807, 2.05) is 0 Å². The van der Waals surface area contributed by atoms with Crippen molar-refractivity contribution in [3.05, 3.63) is 28.7 Å². The maximum atomic E-state index is 12.1. The smallest absolute Gasteiger partial charge is 0.276 e. The van der Waals surface area contributed by atoms with Gasteiger partial charge in [-0.2, -0.15) is 5.10 Å². The Hall–Kier alpha value is -1.95. The largest absolute Gasteiger partial charge is 0.363 e. The number of fused-ring (bicyclic) bond motifs is 1. The number of pyridine rings is 1. The van der Waals surface area contributed by atoms with Gasteiger partial charge in [-0.3, -0.25) is 9.78 Å². The van der Waals surface area contributed by atoms with Crippen LogP contribution in [0, 0.1) is 0 Å². The lowest BCUT2D eigenvalue weighted by atomic mass is 10.1. The highest BCUT2D eigenvalue weighted by molar-refractivity contribution is 5.87. The Morgan fingerprint density at radius 3 is 2.95 bits per heavy atom. The lowest BCUT2D eigenvalue weighted by molar-refractivity contribution is 0.284. The summed E-state index contributed by atoms with van der Waals surface area (Å²) in [6.45, 7) is 0. The number of hydrogen-bond donors (Lipinski definition) is 1. The fraction of sp³-hybridized carbons (Fsp3) is 0.533. The molecule has 6 heteroatoms. The molecule has 0 amide bonds. The van der Waals surface area contributed by atoms with Crippen molar-refractivity contribution in [1.29, 1.82) is 0 Å². The van der Waals surface area contributed by atoms with Crippen LogP contribution in [0.4, 0.5) is 5.82 Å². The molecule has 1 aliphatic carbocycles. The first-order chi connectivity index (χ1) is 10.1. The second-order valence-electron chi connectivity index (χ2n) is 5.89. The van der Waals surface area contributed by atoms with Crippen molar-refractivity contribution in [3.63, 3.8) is 0 Å². The molecule has 0 radical (unpaired) electrons. The summed E-state index contributed by atoms with van der Waals surface area (Å²) in [5, 5.41) is 8.49. The number of aryl methyl sites for hydroxylation is 1. The van der Waals surface area contributed by atoms with Gasteiger partial charge in [-0.25, -0.2) is 4.68 Å². The molecule has 21 heavy (non-hydrogen) atoms. The molecule has 3 rings (SSSR count). The van der Waals surface area contributed by atoms with Crippen molar-refractivity contribution >= 4 is 16.7 Å². The molecule has 0 aliphatic heterocycles. The van der Waals surface area contributed by atoms with Gasteiger partial charge in [0.05, 0.1) is 5.39 Å². The van der Waals surface area contributed by atoms with Crippen LogP contribution in [-0.4, -0.2) is 45.8 Å². The van der Waals surface area contributed by atoms with E-state index in [-0.39, 0.29) is 5.56 Å². The first-order valence-electron chi connectivity index (χ1n) is 7.33. The van der Waals surface area contributed by atoms with Gasteiger partial charge in [0.15, 0.2) is 5.82 Å². The van der Waals surface area contributed by atoms with E-state index in [2.05, 4.69) is 34.4 Å². The van der Waals surface area contributed by atoms with Gasteiger partial charge >= 0.3 is 0 Å². The van der Waals surface area contributed by atoms with Gasteiger partial charge in [-0.05, 0) is 45.5 Å². The molecule has 2 aromatic heterocycles. The third kappa shape index (κ3) is 2.51. The van der Waals surface area contributed by atoms with Crippen LogP contribution in [0.15, 0.2) is 23.1 Å². The molecule has 0 aromatic carbocycles.